The Labute approximate surface area is 252 Å². The molecule has 0 N–H and O–H groups in total. The average Bonchev–Trinajstić information content (AvgIpc) is 3.81. The van der Waals surface area contributed by atoms with Crippen molar-refractivity contribution in [3.05, 3.63) is 66.5 Å². The molecule has 9 heteroatoms. The van der Waals surface area contributed by atoms with Crippen molar-refractivity contribution in [2.75, 3.05) is 53.4 Å². The van der Waals surface area contributed by atoms with Crippen LogP contribution in [-0.2, 0) is 14.4 Å². The SMILES string of the molecule is CN(C)CC(=O)N1CCC2(CC1)N=C(c1ccc(-c3ccc4cnccc4c3)cc1)N(CC1CN(C(=O)C3CC3)C1)C2=O. The summed E-state index contributed by atoms with van der Waals surface area (Å²) in [7, 11) is 3.78. The highest BCUT2D eigenvalue weighted by Gasteiger charge is 2.51. The lowest BCUT2D eigenvalue weighted by Gasteiger charge is -2.42. The smallest absolute Gasteiger partial charge is 0.256 e. The van der Waals surface area contributed by atoms with E-state index in [0.29, 0.717) is 57.9 Å². The van der Waals surface area contributed by atoms with Crippen LogP contribution >= 0.6 is 0 Å². The third kappa shape index (κ3) is 5.31. The second kappa shape index (κ2) is 10.9. The van der Waals surface area contributed by atoms with E-state index in [1.54, 1.807) is 6.20 Å². The van der Waals surface area contributed by atoms with E-state index in [0.717, 1.165) is 40.3 Å². The van der Waals surface area contributed by atoms with Crippen LogP contribution in [0.2, 0.25) is 0 Å². The first kappa shape index (κ1) is 27.7. The minimum Gasteiger partial charge on any atom is -0.342 e. The average molecular weight is 579 g/mol. The third-order valence-corrected chi connectivity index (χ3v) is 9.37. The van der Waals surface area contributed by atoms with Crippen LogP contribution in [0.3, 0.4) is 0 Å². The van der Waals surface area contributed by atoms with Crippen LogP contribution in [-0.4, -0.2) is 107 Å². The molecule has 1 aromatic heterocycles. The number of benzene rings is 2. The minimum atomic E-state index is -0.845. The number of carbonyl (C=O) groups is 3. The van der Waals surface area contributed by atoms with Crippen molar-refractivity contribution in [2.45, 2.75) is 31.2 Å². The molecule has 0 radical (unpaired) electrons. The van der Waals surface area contributed by atoms with Gasteiger partial charge < -0.3 is 14.7 Å². The maximum Gasteiger partial charge on any atom is 0.256 e. The minimum absolute atomic E-state index is 0.0291. The van der Waals surface area contributed by atoms with Crippen LogP contribution in [0.4, 0.5) is 0 Å². The predicted molar refractivity (Wildman–Crippen MR) is 165 cm³/mol. The monoisotopic (exact) mass is 578 g/mol. The summed E-state index contributed by atoms with van der Waals surface area (Å²) in [5.74, 6) is 1.54. The zero-order chi connectivity index (χ0) is 29.7. The maximum atomic E-state index is 14.2. The van der Waals surface area contributed by atoms with Gasteiger partial charge in [0, 0.05) is 67.9 Å². The van der Waals surface area contributed by atoms with Crippen molar-refractivity contribution >= 4 is 34.3 Å². The van der Waals surface area contributed by atoms with E-state index in [1.807, 2.05) is 46.0 Å². The van der Waals surface area contributed by atoms with Gasteiger partial charge >= 0.3 is 0 Å². The van der Waals surface area contributed by atoms with Crippen molar-refractivity contribution < 1.29 is 14.4 Å². The Kier molecular flexibility index (Phi) is 7.00. The number of amides is 3. The number of amidine groups is 1. The van der Waals surface area contributed by atoms with Crippen molar-refractivity contribution in [1.29, 1.82) is 0 Å². The van der Waals surface area contributed by atoms with E-state index >= 15 is 0 Å². The van der Waals surface area contributed by atoms with Gasteiger partial charge in [-0.05, 0) is 68.4 Å². The van der Waals surface area contributed by atoms with Crippen molar-refractivity contribution in [3.63, 3.8) is 0 Å². The molecule has 0 atom stereocenters. The zero-order valence-electron chi connectivity index (χ0n) is 24.9. The Morgan fingerprint density at radius 1 is 0.907 bits per heavy atom. The Hall–Kier alpha value is -4.11. The molecule has 0 bridgehead atoms. The van der Waals surface area contributed by atoms with Gasteiger partial charge in [-0.2, -0.15) is 0 Å². The summed E-state index contributed by atoms with van der Waals surface area (Å²) in [5, 5.41) is 2.24. The Morgan fingerprint density at radius 3 is 2.30 bits per heavy atom. The van der Waals surface area contributed by atoms with E-state index in [2.05, 4.69) is 47.4 Å². The van der Waals surface area contributed by atoms with Crippen LogP contribution in [0.15, 0.2) is 65.9 Å². The number of likely N-dealkylation sites (tertiary alicyclic amines) is 2. The van der Waals surface area contributed by atoms with Gasteiger partial charge in [0.2, 0.25) is 11.8 Å². The molecule has 3 fully saturated rings. The lowest BCUT2D eigenvalue weighted by atomic mass is 9.87. The van der Waals surface area contributed by atoms with Gasteiger partial charge in [-0.3, -0.25) is 29.3 Å². The van der Waals surface area contributed by atoms with E-state index in [4.69, 9.17) is 4.99 Å². The van der Waals surface area contributed by atoms with Crippen LogP contribution in [0.1, 0.15) is 31.2 Å². The number of aromatic nitrogens is 1. The largest absolute Gasteiger partial charge is 0.342 e. The number of piperidine rings is 1. The molecule has 4 heterocycles. The fourth-order valence-electron chi connectivity index (χ4n) is 6.66. The molecule has 1 saturated carbocycles. The second-order valence-corrected chi connectivity index (χ2v) is 12.9. The first-order valence-electron chi connectivity index (χ1n) is 15.4. The normalized spacial score (nSPS) is 20.2. The van der Waals surface area contributed by atoms with Crippen LogP contribution in [0.25, 0.3) is 21.9 Å². The number of likely N-dealkylation sites (N-methyl/N-ethyl adjacent to an activating group) is 1. The van der Waals surface area contributed by atoms with Crippen LogP contribution < -0.4 is 0 Å². The molecule has 3 aliphatic heterocycles. The van der Waals surface area contributed by atoms with Gasteiger partial charge in [0.05, 0.1) is 6.54 Å². The summed E-state index contributed by atoms with van der Waals surface area (Å²) in [6.45, 7) is 3.35. The first-order chi connectivity index (χ1) is 20.8. The molecule has 9 nitrogen and oxygen atoms in total. The number of hydrogen-bond donors (Lipinski definition) is 0. The maximum absolute atomic E-state index is 14.2. The Balaban J connectivity index is 1.13. The van der Waals surface area contributed by atoms with Gasteiger partial charge in [-0.1, -0.05) is 36.4 Å². The van der Waals surface area contributed by atoms with E-state index in [9.17, 15) is 14.4 Å². The summed E-state index contributed by atoms with van der Waals surface area (Å²) in [4.78, 5) is 56.3. The van der Waals surface area contributed by atoms with Crippen molar-refractivity contribution in [2.24, 2.45) is 16.8 Å². The van der Waals surface area contributed by atoms with Gasteiger partial charge in [-0.25, -0.2) is 0 Å². The highest BCUT2D eigenvalue weighted by Crippen LogP contribution is 2.38. The highest BCUT2D eigenvalue weighted by atomic mass is 16.2. The molecule has 2 aromatic carbocycles. The van der Waals surface area contributed by atoms with E-state index in [-0.39, 0.29) is 29.6 Å². The topological polar surface area (TPSA) is 89.4 Å². The summed E-state index contributed by atoms with van der Waals surface area (Å²) in [6.07, 6.45) is 6.72. The summed E-state index contributed by atoms with van der Waals surface area (Å²) in [5.41, 5.74) is 2.28. The molecule has 222 valence electrons. The number of aliphatic imine (C=N–C) groups is 1. The fraction of sp³-hybridized carbons (Fsp3) is 0.441. The zero-order valence-corrected chi connectivity index (χ0v) is 24.9. The summed E-state index contributed by atoms with van der Waals surface area (Å²) < 4.78 is 0. The molecule has 7 rings (SSSR count). The number of nitrogens with zero attached hydrogens (tertiary/aromatic N) is 6. The highest BCUT2D eigenvalue weighted by molar-refractivity contribution is 6.15. The molecule has 43 heavy (non-hydrogen) atoms. The molecular formula is C34H38N6O3. The van der Waals surface area contributed by atoms with Gasteiger partial charge in [0.25, 0.3) is 5.91 Å². The van der Waals surface area contributed by atoms with Crippen LogP contribution in [0.5, 0.6) is 0 Å². The summed E-state index contributed by atoms with van der Waals surface area (Å²) in [6, 6.07) is 16.7. The molecule has 1 spiro atoms. The van der Waals surface area contributed by atoms with Crippen molar-refractivity contribution in [1.82, 2.24) is 24.6 Å². The first-order valence-corrected chi connectivity index (χ1v) is 15.4. The Morgan fingerprint density at radius 2 is 1.60 bits per heavy atom. The fourth-order valence-corrected chi connectivity index (χ4v) is 6.66. The molecule has 2 saturated heterocycles. The third-order valence-electron chi connectivity index (χ3n) is 9.37. The van der Waals surface area contributed by atoms with Crippen molar-refractivity contribution in [3.8, 4) is 11.1 Å². The van der Waals surface area contributed by atoms with E-state index < -0.39 is 5.54 Å². The number of fused-ring (bicyclic) bond motifs is 1. The van der Waals surface area contributed by atoms with Crippen LogP contribution in [0, 0.1) is 11.8 Å². The molecule has 1 aliphatic carbocycles. The summed E-state index contributed by atoms with van der Waals surface area (Å²) >= 11 is 0. The molecule has 4 aliphatic rings. The number of rotatable bonds is 7. The molecule has 3 amide bonds. The van der Waals surface area contributed by atoms with E-state index in [1.165, 1.54) is 0 Å². The van der Waals surface area contributed by atoms with Gasteiger partial charge in [0.15, 0.2) is 0 Å². The second-order valence-electron chi connectivity index (χ2n) is 12.9. The number of carbonyl (C=O) groups excluding carboxylic acids is 3. The number of pyridine rings is 1. The molecular weight excluding hydrogens is 540 g/mol. The number of hydrogen-bond acceptors (Lipinski definition) is 6. The molecule has 0 unspecified atom stereocenters. The Bertz CT molecular complexity index is 1600. The molecule has 3 aromatic rings. The quantitative estimate of drug-likeness (QED) is 0.430. The van der Waals surface area contributed by atoms with Gasteiger partial charge in [-0.15, -0.1) is 0 Å². The lowest BCUT2D eigenvalue weighted by Crippen LogP contribution is -2.57. The standard InChI is InChI=1S/C34H38N6O3/c1-37(2)22-30(41)38-15-12-34(13-16-38)33(43)40(21-23-19-39(20-23)32(42)26-7-8-26)31(36-34)25-5-3-24(4-6-25)27-9-10-29-18-35-14-11-28(29)17-27/h3-6,9-11,14,17-18,23,26H,7-8,12-13,15-16,19-22H2,1-2H3. The van der Waals surface area contributed by atoms with Gasteiger partial charge in [0.1, 0.15) is 11.4 Å². The predicted octanol–water partition coefficient (Wildman–Crippen LogP) is 3.28. The lowest BCUT2D eigenvalue weighted by molar-refractivity contribution is -0.141.